The van der Waals surface area contributed by atoms with Crippen molar-refractivity contribution in [3.8, 4) is 22.8 Å². The minimum Gasteiger partial charge on any atom is -0.435 e. The van der Waals surface area contributed by atoms with E-state index in [4.69, 9.17) is 0 Å². The topological polar surface area (TPSA) is 108 Å². The van der Waals surface area contributed by atoms with E-state index < -0.39 is 27.9 Å². The normalized spacial score (nSPS) is 16.3. The van der Waals surface area contributed by atoms with Crippen molar-refractivity contribution in [3.05, 3.63) is 60.3 Å². The van der Waals surface area contributed by atoms with Gasteiger partial charge in [-0.2, -0.15) is 19.0 Å². The maximum absolute atomic E-state index is 12.9. The first-order valence-electron chi connectivity index (χ1n) is 10.6. The van der Waals surface area contributed by atoms with E-state index in [9.17, 15) is 22.0 Å². The number of hydrogen-bond acceptors (Lipinski definition) is 6. The van der Waals surface area contributed by atoms with Gasteiger partial charge < -0.3 is 10.1 Å². The molecule has 5 rings (SSSR count). The van der Waals surface area contributed by atoms with Crippen molar-refractivity contribution in [2.24, 2.45) is 7.05 Å². The monoisotopic (exact) mass is 501 g/mol. The highest BCUT2D eigenvalue weighted by Crippen LogP contribution is 2.31. The van der Waals surface area contributed by atoms with Gasteiger partial charge in [-0.3, -0.25) is 9.48 Å². The van der Waals surface area contributed by atoms with Gasteiger partial charge in [-0.1, -0.05) is 6.07 Å². The summed E-state index contributed by atoms with van der Waals surface area (Å²) in [4.78, 5) is 12.9. The Labute approximate surface area is 199 Å². The molecule has 1 fully saturated rings. The summed E-state index contributed by atoms with van der Waals surface area (Å²) in [6, 6.07) is 12.9. The maximum atomic E-state index is 12.9. The molecule has 182 valence electrons. The third kappa shape index (κ3) is 4.48. The molecular weight excluding hydrogens is 480 g/mol. The second-order valence-corrected chi connectivity index (χ2v) is 10.9. The van der Waals surface area contributed by atoms with Crippen LogP contribution in [0.4, 0.5) is 8.78 Å². The molecule has 0 saturated carbocycles. The van der Waals surface area contributed by atoms with E-state index in [0.29, 0.717) is 33.5 Å². The highest BCUT2D eigenvalue weighted by molar-refractivity contribution is 7.93. The summed E-state index contributed by atoms with van der Waals surface area (Å²) in [5.41, 5.74) is 1.67. The quantitative estimate of drug-likeness (QED) is 0.435. The van der Waals surface area contributed by atoms with Crippen molar-refractivity contribution in [1.82, 2.24) is 24.9 Å². The number of nitrogens with one attached hydrogen (secondary N) is 1. The first kappa shape index (κ1) is 23.0. The van der Waals surface area contributed by atoms with Crippen molar-refractivity contribution in [2.45, 2.75) is 19.1 Å². The Bertz CT molecular complexity index is 1550. The Balaban J connectivity index is 1.58. The number of nitrogens with zero attached hydrogens (tertiary/aromatic N) is 4. The molecule has 0 unspecified atom stereocenters. The number of alkyl halides is 2. The maximum Gasteiger partial charge on any atom is 0.387 e. The molecule has 1 aliphatic heterocycles. The Morgan fingerprint density at radius 3 is 2.57 bits per heavy atom. The van der Waals surface area contributed by atoms with Crippen molar-refractivity contribution < 1.29 is 26.7 Å². The minimum atomic E-state index is -3.13. The summed E-state index contributed by atoms with van der Waals surface area (Å²) < 4.78 is 56.3. The van der Waals surface area contributed by atoms with Gasteiger partial charge in [0.25, 0.3) is 5.91 Å². The number of carbonyl (C=O) groups is 1. The van der Waals surface area contributed by atoms with E-state index in [0.717, 1.165) is 0 Å². The second-order valence-electron chi connectivity index (χ2n) is 8.79. The largest absolute Gasteiger partial charge is 0.435 e. The first-order valence-corrected chi connectivity index (χ1v) is 12.5. The lowest BCUT2D eigenvalue weighted by atomic mass is 10.0. The van der Waals surface area contributed by atoms with Gasteiger partial charge in [0.05, 0.1) is 28.2 Å². The SMILES string of the molecule is Cn1ccc(-c2nn(-c3cccc(OC(F)F)c3)c3ccc(C(=O)NC4(C)CS(=O)(=O)C4)cc23)n1. The molecule has 9 nitrogen and oxygen atoms in total. The van der Waals surface area contributed by atoms with Gasteiger partial charge in [-0.25, -0.2) is 13.1 Å². The van der Waals surface area contributed by atoms with Crippen LogP contribution in [0.2, 0.25) is 0 Å². The average Bonchev–Trinajstić information content (AvgIpc) is 3.34. The number of sulfone groups is 1. The van der Waals surface area contributed by atoms with Crippen LogP contribution >= 0.6 is 0 Å². The third-order valence-corrected chi connectivity index (χ3v) is 7.83. The Kier molecular flexibility index (Phi) is 5.35. The highest BCUT2D eigenvalue weighted by Gasteiger charge is 2.45. The van der Waals surface area contributed by atoms with Crippen LogP contribution in [0.5, 0.6) is 5.75 Å². The molecule has 35 heavy (non-hydrogen) atoms. The zero-order chi connectivity index (χ0) is 25.0. The number of hydrogen-bond donors (Lipinski definition) is 1. The van der Waals surface area contributed by atoms with E-state index in [1.54, 1.807) is 65.9 Å². The number of aryl methyl sites for hydroxylation is 1. The van der Waals surface area contributed by atoms with Gasteiger partial charge in [0, 0.05) is 30.3 Å². The second kappa shape index (κ2) is 8.15. The van der Waals surface area contributed by atoms with Crippen LogP contribution in [0.15, 0.2) is 54.7 Å². The number of aromatic nitrogens is 4. The number of fused-ring (bicyclic) bond motifs is 1. The Morgan fingerprint density at radius 1 is 1.14 bits per heavy atom. The predicted octanol–water partition coefficient (Wildman–Crippen LogP) is 2.94. The highest BCUT2D eigenvalue weighted by atomic mass is 32.2. The third-order valence-electron chi connectivity index (χ3n) is 5.68. The number of halogens is 2. The molecule has 1 aliphatic rings. The Hall–Kier alpha value is -3.80. The molecule has 0 aliphatic carbocycles. The number of ether oxygens (including phenoxy) is 1. The van der Waals surface area contributed by atoms with Crippen LogP contribution in [-0.4, -0.2) is 57.5 Å². The van der Waals surface area contributed by atoms with Crippen molar-refractivity contribution >= 4 is 26.6 Å². The van der Waals surface area contributed by atoms with E-state index in [1.807, 2.05) is 0 Å². The van der Waals surface area contributed by atoms with Gasteiger partial charge in [-0.15, -0.1) is 0 Å². The molecule has 0 radical (unpaired) electrons. The van der Waals surface area contributed by atoms with Gasteiger partial charge >= 0.3 is 6.61 Å². The smallest absolute Gasteiger partial charge is 0.387 e. The lowest BCUT2D eigenvalue weighted by molar-refractivity contribution is -0.0498. The van der Waals surface area contributed by atoms with E-state index >= 15 is 0 Å². The molecule has 1 saturated heterocycles. The van der Waals surface area contributed by atoms with Crippen LogP contribution in [0.1, 0.15) is 17.3 Å². The van der Waals surface area contributed by atoms with Gasteiger partial charge in [0.2, 0.25) is 0 Å². The molecule has 4 aromatic rings. The number of carbonyl (C=O) groups excluding carboxylic acids is 1. The van der Waals surface area contributed by atoms with E-state index in [2.05, 4.69) is 20.3 Å². The Morgan fingerprint density at radius 2 is 1.91 bits per heavy atom. The van der Waals surface area contributed by atoms with Crippen molar-refractivity contribution in [3.63, 3.8) is 0 Å². The number of benzene rings is 2. The lowest BCUT2D eigenvalue weighted by Gasteiger charge is -2.38. The van der Waals surface area contributed by atoms with Crippen LogP contribution < -0.4 is 10.1 Å². The van der Waals surface area contributed by atoms with Crippen molar-refractivity contribution in [2.75, 3.05) is 11.5 Å². The van der Waals surface area contributed by atoms with Crippen LogP contribution in [0.25, 0.3) is 28.0 Å². The summed E-state index contributed by atoms with van der Waals surface area (Å²) in [7, 11) is -1.36. The van der Waals surface area contributed by atoms with Gasteiger partial charge in [0.15, 0.2) is 9.84 Å². The predicted molar refractivity (Wildman–Crippen MR) is 124 cm³/mol. The standard InChI is InChI=1S/C23H21F2N5O4S/c1-23(12-35(32,33)13-23)26-21(31)14-6-7-19-17(10-14)20(18-8-9-29(2)27-18)28-30(19)15-4-3-5-16(11-15)34-22(24)25/h3-11,22H,12-13H2,1-2H3,(H,26,31). The van der Waals surface area contributed by atoms with E-state index in [-0.39, 0.29) is 17.3 Å². The number of rotatable bonds is 6. The fourth-order valence-corrected chi connectivity index (χ4v) is 6.33. The summed E-state index contributed by atoms with van der Waals surface area (Å²) in [5.74, 6) is -0.638. The van der Waals surface area contributed by atoms with Crippen molar-refractivity contribution in [1.29, 1.82) is 0 Å². The molecule has 2 aromatic heterocycles. The van der Waals surface area contributed by atoms with Crippen LogP contribution in [-0.2, 0) is 16.9 Å². The first-order chi connectivity index (χ1) is 16.5. The summed E-state index contributed by atoms with van der Waals surface area (Å²) in [6.45, 7) is -1.27. The van der Waals surface area contributed by atoms with Gasteiger partial charge in [-0.05, 0) is 43.3 Å². The zero-order valence-electron chi connectivity index (χ0n) is 18.8. The van der Waals surface area contributed by atoms with Crippen LogP contribution in [0, 0.1) is 0 Å². The van der Waals surface area contributed by atoms with Crippen LogP contribution in [0.3, 0.4) is 0 Å². The minimum absolute atomic E-state index is 0.0137. The van der Waals surface area contributed by atoms with Gasteiger partial charge in [0.1, 0.15) is 17.1 Å². The molecule has 3 heterocycles. The fourth-order valence-electron chi connectivity index (χ4n) is 4.33. The molecular formula is C23H21F2N5O4S. The molecule has 1 N–H and O–H groups in total. The summed E-state index contributed by atoms with van der Waals surface area (Å²) in [5, 5.41) is 12.5. The summed E-state index contributed by atoms with van der Waals surface area (Å²) >= 11 is 0. The molecule has 2 aromatic carbocycles. The molecule has 1 amide bonds. The summed E-state index contributed by atoms with van der Waals surface area (Å²) in [6.07, 6.45) is 1.76. The molecule has 0 bridgehead atoms. The van der Waals surface area contributed by atoms with E-state index in [1.165, 1.54) is 12.1 Å². The molecule has 0 spiro atoms. The average molecular weight is 502 g/mol. The lowest BCUT2D eigenvalue weighted by Crippen LogP contribution is -2.63. The molecule has 0 atom stereocenters. The zero-order valence-corrected chi connectivity index (χ0v) is 19.6. The molecule has 12 heteroatoms. The fraction of sp³-hybridized carbons (Fsp3) is 0.261. The number of amides is 1.